The van der Waals surface area contributed by atoms with Crippen LogP contribution in [0, 0.1) is 0 Å². The quantitative estimate of drug-likeness (QED) is 0.498. The molecule has 0 saturated carbocycles. The van der Waals surface area contributed by atoms with Crippen molar-refractivity contribution >= 4 is 24.3 Å². The van der Waals surface area contributed by atoms with Crippen LogP contribution in [0.25, 0.3) is 0 Å². The molecule has 0 fully saturated rings. The summed E-state index contributed by atoms with van der Waals surface area (Å²) in [5.74, 6) is 0.977. The second-order valence-corrected chi connectivity index (χ2v) is 2.61. The van der Waals surface area contributed by atoms with E-state index in [1.165, 1.54) is 0 Å². The minimum atomic E-state index is 0.977. The van der Waals surface area contributed by atoms with Crippen molar-refractivity contribution in [1.29, 1.82) is 0 Å². The third-order valence-electron chi connectivity index (χ3n) is 1.20. The minimum Gasteiger partial charge on any atom is -0.319 e. The van der Waals surface area contributed by atoms with E-state index < -0.39 is 0 Å². The maximum Gasteiger partial charge on any atom is 0.119 e. The van der Waals surface area contributed by atoms with Crippen LogP contribution in [0.4, 0.5) is 0 Å². The molecule has 46 valence electrons. The molecule has 0 amide bonds. The summed E-state index contributed by atoms with van der Waals surface area (Å²) >= 11 is 1.76. The average Bonchev–Trinajstić information content (AvgIpc) is 2.33. The molecule has 2 aliphatic heterocycles. The van der Waals surface area contributed by atoms with Crippen molar-refractivity contribution < 1.29 is 0 Å². The van der Waals surface area contributed by atoms with Crippen molar-refractivity contribution in [3.8, 4) is 0 Å². The molecule has 4 heteroatoms. The molecule has 0 aromatic rings. The molecule has 0 aliphatic carbocycles. The average molecular weight is 139 g/mol. The van der Waals surface area contributed by atoms with E-state index in [4.69, 9.17) is 0 Å². The molecule has 0 spiro atoms. The molecular formula is C5H5N3S. The second kappa shape index (κ2) is 1.88. The fraction of sp³-hybridized carbons (Fsp3) is 0.200. The minimum absolute atomic E-state index is 0.977. The molecule has 0 aromatic heterocycles. The molecule has 3 nitrogen and oxygen atoms in total. The van der Waals surface area contributed by atoms with Gasteiger partial charge >= 0.3 is 0 Å². The van der Waals surface area contributed by atoms with Crippen LogP contribution in [-0.4, -0.2) is 23.3 Å². The molecule has 2 heterocycles. The molecule has 0 N–H and O–H groups in total. The number of fused-ring (bicyclic) bond motifs is 1. The summed E-state index contributed by atoms with van der Waals surface area (Å²) in [5.41, 5.74) is 1.15. The van der Waals surface area contributed by atoms with Crippen LogP contribution in [0.15, 0.2) is 21.3 Å². The maximum atomic E-state index is 3.74. The van der Waals surface area contributed by atoms with E-state index >= 15 is 0 Å². The van der Waals surface area contributed by atoms with Gasteiger partial charge in [0.15, 0.2) is 0 Å². The molecule has 0 radical (unpaired) electrons. The molecule has 0 atom stereocenters. The highest BCUT2D eigenvalue weighted by Gasteiger charge is 2.12. The zero-order valence-electron chi connectivity index (χ0n) is 4.69. The maximum absolute atomic E-state index is 3.74. The lowest BCUT2D eigenvalue weighted by molar-refractivity contribution is 0.659. The van der Waals surface area contributed by atoms with Crippen molar-refractivity contribution in [2.24, 2.45) is 10.2 Å². The van der Waals surface area contributed by atoms with Crippen LogP contribution in [-0.2, 0) is 0 Å². The van der Waals surface area contributed by atoms with Gasteiger partial charge in [0.25, 0.3) is 0 Å². The van der Waals surface area contributed by atoms with E-state index in [2.05, 4.69) is 20.5 Å². The fourth-order valence-electron chi connectivity index (χ4n) is 0.734. The van der Waals surface area contributed by atoms with Crippen LogP contribution in [0.1, 0.15) is 0 Å². The van der Waals surface area contributed by atoms with E-state index in [0.717, 1.165) is 11.6 Å². The Morgan fingerprint density at radius 3 is 3.44 bits per heavy atom. The molecule has 0 saturated heterocycles. The SMILES string of the molecule is C1=NN=CN2CSC=C12. The summed E-state index contributed by atoms with van der Waals surface area (Å²) in [6.45, 7) is 0. The number of allylic oxidation sites excluding steroid dienone is 1. The third-order valence-corrected chi connectivity index (χ3v) is 2.03. The molecule has 0 unspecified atom stereocenters. The number of rotatable bonds is 0. The van der Waals surface area contributed by atoms with Crippen molar-refractivity contribution in [2.75, 3.05) is 5.88 Å². The van der Waals surface area contributed by atoms with Crippen molar-refractivity contribution in [3.63, 3.8) is 0 Å². The first-order chi connectivity index (χ1) is 4.47. The van der Waals surface area contributed by atoms with Crippen molar-refractivity contribution in [3.05, 3.63) is 11.1 Å². The Morgan fingerprint density at radius 2 is 2.56 bits per heavy atom. The first kappa shape index (κ1) is 5.05. The van der Waals surface area contributed by atoms with Crippen molar-refractivity contribution in [1.82, 2.24) is 4.90 Å². The van der Waals surface area contributed by atoms with Gasteiger partial charge in [0.05, 0.1) is 17.8 Å². The Bertz CT molecular complexity index is 203. The van der Waals surface area contributed by atoms with E-state index in [1.54, 1.807) is 24.3 Å². The summed E-state index contributed by atoms with van der Waals surface area (Å²) < 4.78 is 0. The normalized spacial score (nSPS) is 22.2. The van der Waals surface area contributed by atoms with Gasteiger partial charge in [0.1, 0.15) is 6.34 Å². The summed E-state index contributed by atoms with van der Waals surface area (Å²) in [5, 5.41) is 9.55. The van der Waals surface area contributed by atoms with Gasteiger partial charge in [-0.05, 0) is 5.41 Å². The fourth-order valence-corrected chi connectivity index (χ4v) is 1.55. The summed E-state index contributed by atoms with van der Waals surface area (Å²) in [6, 6.07) is 0. The Balaban J connectivity index is 2.33. The Kier molecular flexibility index (Phi) is 1.05. The number of thioether (sulfide) groups is 1. The summed E-state index contributed by atoms with van der Waals surface area (Å²) in [4.78, 5) is 2.05. The third kappa shape index (κ3) is 0.751. The van der Waals surface area contributed by atoms with E-state index in [9.17, 15) is 0 Å². The van der Waals surface area contributed by atoms with Crippen LogP contribution in [0.3, 0.4) is 0 Å². The Hall–Kier alpha value is -0.770. The number of nitrogens with zero attached hydrogens (tertiary/aromatic N) is 3. The van der Waals surface area contributed by atoms with Crippen LogP contribution in [0.5, 0.6) is 0 Å². The number of hydrogen-bond acceptors (Lipinski definition) is 4. The summed E-state index contributed by atoms with van der Waals surface area (Å²) in [6.07, 6.45) is 3.51. The van der Waals surface area contributed by atoms with Gasteiger partial charge in [-0.1, -0.05) is 0 Å². The Morgan fingerprint density at radius 1 is 1.56 bits per heavy atom. The Labute approximate surface area is 57.1 Å². The zero-order chi connectivity index (χ0) is 6.10. The van der Waals surface area contributed by atoms with Crippen LogP contribution < -0.4 is 0 Å². The topological polar surface area (TPSA) is 28.0 Å². The van der Waals surface area contributed by atoms with E-state index in [-0.39, 0.29) is 0 Å². The standard InChI is InChI=1S/C5H5N3S/c1-5-2-9-4-8(5)3-7-6-1/h1-3H,4H2. The van der Waals surface area contributed by atoms with Gasteiger partial charge in [-0.15, -0.1) is 16.9 Å². The molecule has 2 aliphatic rings. The van der Waals surface area contributed by atoms with Gasteiger partial charge in [0.2, 0.25) is 0 Å². The van der Waals surface area contributed by atoms with Gasteiger partial charge in [0, 0.05) is 0 Å². The lowest BCUT2D eigenvalue weighted by Crippen LogP contribution is -2.19. The smallest absolute Gasteiger partial charge is 0.119 e. The first-order valence-electron chi connectivity index (χ1n) is 2.62. The van der Waals surface area contributed by atoms with Gasteiger partial charge < -0.3 is 4.90 Å². The highest BCUT2D eigenvalue weighted by molar-refractivity contribution is 8.02. The molecular weight excluding hydrogens is 134 g/mol. The van der Waals surface area contributed by atoms with Crippen molar-refractivity contribution in [2.45, 2.75) is 0 Å². The van der Waals surface area contributed by atoms with Gasteiger partial charge in [-0.25, -0.2) is 0 Å². The first-order valence-corrected chi connectivity index (χ1v) is 3.66. The second-order valence-electron chi connectivity index (χ2n) is 1.78. The lowest BCUT2D eigenvalue weighted by Gasteiger charge is -2.12. The van der Waals surface area contributed by atoms with Gasteiger partial charge in [-0.3, -0.25) is 0 Å². The van der Waals surface area contributed by atoms with Gasteiger partial charge in [-0.2, -0.15) is 5.10 Å². The molecule has 2 rings (SSSR count). The lowest BCUT2D eigenvalue weighted by atomic mass is 10.5. The molecule has 0 aromatic carbocycles. The predicted octanol–water partition coefficient (Wildman–Crippen LogP) is 0.862. The van der Waals surface area contributed by atoms with Crippen LogP contribution in [0.2, 0.25) is 0 Å². The van der Waals surface area contributed by atoms with E-state index in [0.29, 0.717) is 0 Å². The number of hydrogen-bond donors (Lipinski definition) is 0. The largest absolute Gasteiger partial charge is 0.319 e. The monoisotopic (exact) mass is 139 g/mol. The highest BCUT2D eigenvalue weighted by Crippen LogP contribution is 2.21. The zero-order valence-corrected chi connectivity index (χ0v) is 5.51. The predicted molar refractivity (Wildman–Crippen MR) is 39.4 cm³/mol. The molecule has 9 heavy (non-hydrogen) atoms. The highest BCUT2D eigenvalue weighted by atomic mass is 32.2. The van der Waals surface area contributed by atoms with E-state index in [1.807, 2.05) is 0 Å². The molecule has 0 bridgehead atoms. The van der Waals surface area contributed by atoms with Crippen LogP contribution >= 0.6 is 11.8 Å². The summed E-state index contributed by atoms with van der Waals surface area (Å²) in [7, 11) is 0.